The van der Waals surface area contributed by atoms with Gasteiger partial charge < -0.3 is 18.9 Å². The molecule has 1 N–H and O–H groups in total. The molecule has 0 bridgehead atoms. The SMILES string of the molecule is CCc1c(C)[n+](NC(=O)c2ccccc2)c(-c2ccc(OC)c(OC)c2)c2cc(OC)c(OC)cc12. The van der Waals surface area contributed by atoms with Crippen LogP contribution in [0.4, 0.5) is 0 Å². The Morgan fingerprint density at radius 1 is 0.778 bits per heavy atom. The summed E-state index contributed by atoms with van der Waals surface area (Å²) in [6.45, 7) is 4.10. The van der Waals surface area contributed by atoms with Gasteiger partial charge in [0, 0.05) is 23.4 Å². The van der Waals surface area contributed by atoms with Gasteiger partial charge in [-0.1, -0.05) is 29.8 Å². The molecule has 0 spiro atoms. The Hall–Kier alpha value is -4.26. The first kappa shape index (κ1) is 24.9. The summed E-state index contributed by atoms with van der Waals surface area (Å²) in [6.07, 6.45) is 0.755. The quantitative estimate of drug-likeness (QED) is 0.351. The van der Waals surface area contributed by atoms with Gasteiger partial charge in [0.1, 0.15) is 0 Å². The first-order valence-electron chi connectivity index (χ1n) is 11.7. The molecule has 0 atom stereocenters. The molecule has 0 unspecified atom stereocenters. The number of nitrogens with one attached hydrogen (secondary N) is 1. The van der Waals surface area contributed by atoms with Gasteiger partial charge in [-0.25, -0.2) is 0 Å². The van der Waals surface area contributed by atoms with E-state index in [1.165, 1.54) is 0 Å². The maximum atomic E-state index is 13.3. The van der Waals surface area contributed by atoms with Crippen LogP contribution in [0.2, 0.25) is 0 Å². The summed E-state index contributed by atoms with van der Waals surface area (Å²) in [6, 6.07) is 18.8. The van der Waals surface area contributed by atoms with Gasteiger partial charge in [-0.3, -0.25) is 4.79 Å². The molecule has 0 fully saturated rings. The van der Waals surface area contributed by atoms with Gasteiger partial charge in [-0.15, -0.1) is 5.43 Å². The highest BCUT2D eigenvalue weighted by Crippen LogP contribution is 2.40. The lowest BCUT2D eigenvalue weighted by atomic mass is 9.96. The summed E-state index contributed by atoms with van der Waals surface area (Å²) in [4.78, 5) is 13.3. The number of fused-ring (bicyclic) bond motifs is 1. The molecule has 7 nitrogen and oxygen atoms in total. The average Bonchev–Trinajstić information content (AvgIpc) is 2.92. The second-order valence-electron chi connectivity index (χ2n) is 8.23. The predicted octanol–water partition coefficient (Wildman–Crippen LogP) is 5.08. The third-order valence-electron chi connectivity index (χ3n) is 6.36. The number of aromatic nitrogens is 1. The Kier molecular flexibility index (Phi) is 7.29. The van der Waals surface area contributed by atoms with Crippen LogP contribution >= 0.6 is 0 Å². The van der Waals surface area contributed by atoms with Crippen LogP contribution in [0, 0.1) is 6.92 Å². The van der Waals surface area contributed by atoms with Crippen molar-refractivity contribution in [1.82, 2.24) is 0 Å². The fourth-order valence-electron chi connectivity index (χ4n) is 4.55. The minimum Gasteiger partial charge on any atom is -0.493 e. The summed E-state index contributed by atoms with van der Waals surface area (Å²) in [5.41, 5.74) is 7.30. The highest BCUT2D eigenvalue weighted by molar-refractivity contribution is 6.00. The van der Waals surface area contributed by atoms with E-state index in [1.54, 1.807) is 40.6 Å². The number of amides is 1. The Bertz CT molecular complexity index is 1420. The van der Waals surface area contributed by atoms with Crippen LogP contribution in [0.25, 0.3) is 22.0 Å². The van der Waals surface area contributed by atoms with E-state index in [9.17, 15) is 4.79 Å². The minimum absolute atomic E-state index is 0.215. The average molecular weight is 488 g/mol. The van der Waals surface area contributed by atoms with Gasteiger partial charge in [0.25, 0.3) is 5.69 Å². The molecule has 1 amide bonds. The van der Waals surface area contributed by atoms with Crippen molar-refractivity contribution in [2.45, 2.75) is 20.3 Å². The van der Waals surface area contributed by atoms with Crippen LogP contribution in [0.5, 0.6) is 23.0 Å². The van der Waals surface area contributed by atoms with E-state index in [0.29, 0.717) is 28.6 Å². The standard InChI is InChI=1S/C29H30N2O5/c1-7-21-18(2)31(30-29(32)19-11-9-8-10-12-19)28(20-13-14-24(33-3)25(15-20)34-4)23-17-27(36-6)26(35-5)16-22(21)23/h8-17H,7H2,1-6H3/p+1. The Morgan fingerprint density at radius 3 is 1.94 bits per heavy atom. The van der Waals surface area contributed by atoms with Gasteiger partial charge in [0.2, 0.25) is 5.69 Å². The van der Waals surface area contributed by atoms with E-state index in [0.717, 1.165) is 39.7 Å². The molecule has 0 radical (unpaired) electrons. The molecule has 186 valence electrons. The molecule has 3 aromatic carbocycles. The first-order valence-corrected chi connectivity index (χ1v) is 11.7. The van der Waals surface area contributed by atoms with Crippen LogP contribution in [0.1, 0.15) is 28.5 Å². The highest BCUT2D eigenvalue weighted by Gasteiger charge is 2.29. The number of benzene rings is 3. The Balaban J connectivity index is 2.08. The lowest BCUT2D eigenvalue weighted by Gasteiger charge is -2.17. The molecule has 4 rings (SSSR count). The smallest absolute Gasteiger partial charge is 0.305 e. The molecule has 4 aromatic rings. The maximum Gasteiger partial charge on any atom is 0.305 e. The molecule has 0 aliphatic rings. The lowest BCUT2D eigenvalue weighted by molar-refractivity contribution is -0.635. The van der Waals surface area contributed by atoms with E-state index in [1.807, 2.05) is 60.1 Å². The minimum atomic E-state index is -0.215. The van der Waals surface area contributed by atoms with Crippen molar-refractivity contribution in [2.75, 3.05) is 33.9 Å². The van der Waals surface area contributed by atoms with Crippen molar-refractivity contribution < 1.29 is 28.4 Å². The largest absolute Gasteiger partial charge is 0.493 e. The summed E-state index contributed by atoms with van der Waals surface area (Å²) >= 11 is 0. The van der Waals surface area contributed by atoms with Crippen molar-refractivity contribution in [3.8, 4) is 34.3 Å². The molecule has 0 saturated heterocycles. The van der Waals surface area contributed by atoms with Crippen molar-refractivity contribution in [3.63, 3.8) is 0 Å². The molecule has 0 saturated carbocycles. The molecule has 0 aliphatic carbocycles. The second-order valence-corrected chi connectivity index (χ2v) is 8.23. The van der Waals surface area contributed by atoms with E-state index in [-0.39, 0.29) is 5.91 Å². The van der Waals surface area contributed by atoms with Crippen LogP contribution < -0.4 is 29.0 Å². The third-order valence-corrected chi connectivity index (χ3v) is 6.36. The van der Waals surface area contributed by atoms with E-state index >= 15 is 0 Å². The number of carbonyl (C=O) groups is 1. The van der Waals surface area contributed by atoms with Crippen LogP contribution in [0.3, 0.4) is 0 Å². The molecule has 1 heterocycles. The lowest BCUT2D eigenvalue weighted by Crippen LogP contribution is -2.53. The van der Waals surface area contributed by atoms with Crippen LogP contribution in [-0.2, 0) is 6.42 Å². The molecule has 0 aliphatic heterocycles. The van der Waals surface area contributed by atoms with Gasteiger partial charge >= 0.3 is 5.91 Å². The number of ether oxygens (including phenoxy) is 4. The first-order chi connectivity index (χ1) is 17.5. The maximum absolute atomic E-state index is 13.3. The Morgan fingerprint density at radius 2 is 1.36 bits per heavy atom. The summed E-state index contributed by atoms with van der Waals surface area (Å²) in [5.74, 6) is 2.22. The Labute approximate surface area is 211 Å². The fraction of sp³-hybridized carbons (Fsp3) is 0.241. The topological polar surface area (TPSA) is 69.9 Å². The summed E-state index contributed by atoms with van der Waals surface area (Å²) in [7, 11) is 6.44. The summed E-state index contributed by atoms with van der Waals surface area (Å²) < 4.78 is 24.2. The number of hydrogen-bond donors (Lipinski definition) is 1. The number of carbonyl (C=O) groups excluding carboxylic acids is 1. The molecule has 7 heteroatoms. The molecular weight excluding hydrogens is 456 g/mol. The third kappa shape index (κ3) is 4.40. The van der Waals surface area contributed by atoms with Gasteiger partial charge in [0.05, 0.1) is 39.4 Å². The number of rotatable bonds is 8. The molecule has 1 aromatic heterocycles. The number of aryl methyl sites for hydroxylation is 1. The molecular formula is C29H31N2O5+. The normalized spacial score (nSPS) is 10.7. The number of methoxy groups -OCH3 is 4. The zero-order valence-electron chi connectivity index (χ0n) is 21.5. The number of hydrogen-bond acceptors (Lipinski definition) is 5. The van der Waals surface area contributed by atoms with Crippen molar-refractivity contribution >= 4 is 16.7 Å². The highest BCUT2D eigenvalue weighted by atomic mass is 16.5. The number of nitrogens with zero attached hydrogens (tertiary/aromatic N) is 1. The summed E-state index contributed by atoms with van der Waals surface area (Å²) in [5, 5.41) is 1.92. The van der Waals surface area contributed by atoms with Crippen molar-refractivity contribution in [1.29, 1.82) is 0 Å². The molecule has 36 heavy (non-hydrogen) atoms. The predicted molar refractivity (Wildman–Crippen MR) is 140 cm³/mol. The van der Waals surface area contributed by atoms with Crippen molar-refractivity contribution in [3.05, 3.63) is 77.5 Å². The monoisotopic (exact) mass is 487 g/mol. The zero-order valence-corrected chi connectivity index (χ0v) is 21.5. The van der Waals surface area contributed by atoms with Crippen molar-refractivity contribution in [2.24, 2.45) is 0 Å². The van der Waals surface area contributed by atoms with Crippen LogP contribution in [0.15, 0.2) is 60.7 Å². The van der Waals surface area contributed by atoms with Gasteiger partial charge in [-0.05, 0) is 48.9 Å². The van der Waals surface area contributed by atoms with Gasteiger partial charge in [0.15, 0.2) is 23.0 Å². The fourth-order valence-corrected chi connectivity index (χ4v) is 4.55. The van der Waals surface area contributed by atoms with Crippen LogP contribution in [-0.4, -0.2) is 34.3 Å². The second kappa shape index (κ2) is 10.6. The van der Waals surface area contributed by atoms with E-state index in [4.69, 9.17) is 18.9 Å². The van der Waals surface area contributed by atoms with Gasteiger partial charge in [-0.2, -0.15) is 0 Å². The number of pyridine rings is 1. The van der Waals surface area contributed by atoms with E-state index < -0.39 is 0 Å². The zero-order chi connectivity index (χ0) is 25.8. The van der Waals surface area contributed by atoms with E-state index in [2.05, 4.69) is 12.3 Å².